The van der Waals surface area contributed by atoms with Crippen LogP contribution < -0.4 is 10.1 Å². The molecule has 1 N–H and O–H groups in total. The van der Waals surface area contributed by atoms with E-state index in [1.165, 1.54) is 19.2 Å². The molecule has 0 aliphatic heterocycles. The Bertz CT molecular complexity index is 656. The Morgan fingerprint density at radius 3 is 2.43 bits per heavy atom. The van der Waals surface area contributed by atoms with E-state index >= 15 is 0 Å². The van der Waals surface area contributed by atoms with Crippen molar-refractivity contribution in [2.45, 2.75) is 26.3 Å². The molecular formula is C19H22FNO2. The van der Waals surface area contributed by atoms with Crippen molar-refractivity contribution in [2.24, 2.45) is 5.92 Å². The van der Waals surface area contributed by atoms with Gasteiger partial charge in [0, 0.05) is 5.56 Å². The van der Waals surface area contributed by atoms with E-state index in [1.807, 2.05) is 30.3 Å². The summed E-state index contributed by atoms with van der Waals surface area (Å²) in [5, 5.41) is 3.00. The second kappa shape index (κ2) is 7.77. The second-order valence-corrected chi connectivity index (χ2v) is 5.92. The molecule has 0 saturated heterocycles. The first-order chi connectivity index (χ1) is 11.0. The zero-order valence-electron chi connectivity index (χ0n) is 13.7. The van der Waals surface area contributed by atoms with Crippen LogP contribution in [0.25, 0.3) is 0 Å². The van der Waals surface area contributed by atoms with Gasteiger partial charge < -0.3 is 10.1 Å². The zero-order chi connectivity index (χ0) is 16.8. The van der Waals surface area contributed by atoms with Gasteiger partial charge in [-0.2, -0.15) is 0 Å². The fraction of sp³-hybridized carbons (Fsp3) is 0.316. The van der Waals surface area contributed by atoms with Gasteiger partial charge in [-0.25, -0.2) is 4.39 Å². The molecule has 0 bridgehead atoms. The molecule has 122 valence electrons. The second-order valence-electron chi connectivity index (χ2n) is 5.92. The Morgan fingerprint density at radius 1 is 1.17 bits per heavy atom. The molecule has 2 rings (SSSR count). The molecule has 4 heteroatoms. The molecular weight excluding hydrogens is 293 g/mol. The van der Waals surface area contributed by atoms with Crippen LogP contribution in [0.3, 0.4) is 0 Å². The number of ether oxygens (including phenoxy) is 1. The molecule has 1 amide bonds. The smallest absolute Gasteiger partial charge is 0.251 e. The Hall–Kier alpha value is -2.36. The van der Waals surface area contributed by atoms with Crippen molar-refractivity contribution in [1.29, 1.82) is 0 Å². The topological polar surface area (TPSA) is 38.3 Å². The van der Waals surface area contributed by atoms with Gasteiger partial charge in [-0.1, -0.05) is 44.2 Å². The third-order valence-corrected chi connectivity index (χ3v) is 3.63. The van der Waals surface area contributed by atoms with Crippen LogP contribution in [-0.4, -0.2) is 13.0 Å². The number of methoxy groups -OCH3 is 1. The van der Waals surface area contributed by atoms with Crippen molar-refractivity contribution < 1.29 is 13.9 Å². The number of rotatable bonds is 6. The van der Waals surface area contributed by atoms with Crippen molar-refractivity contribution >= 4 is 5.91 Å². The van der Waals surface area contributed by atoms with Crippen molar-refractivity contribution in [1.82, 2.24) is 5.32 Å². The summed E-state index contributed by atoms with van der Waals surface area (Å²) in [6.45, 7) is 4.21. The SMILES string of the molecule is COc1ccc(C(=O)N[C@H](CC(C)C)c2ccccc2)cc1F. The number of hydrogen-bond acceptors (Lipinski definition) is 2. The van der Waals surface area contributed by atoms with Crippen molar-refractivity contribution in [3.8, 4) is 5.75 Å². The minimum Gasteiger partial charge on any atom is -0.494 e. The quantitative estimate of drug-likeness (QED) is 0.860. The molecule has 0 spiro atoms. The van der Waals surface area contributed by atoms with Crippen LogP contribution in [0.1, 0.15) is 42.2 Å². The summed E-state index contributed by atoms with van der Waals surface area (Å²) in [6, 6.07) is 13.9. The molecule has 0 aliphatic carbocycles. The van der Waals surface area contributed by atoms with Gasteiger partial charge in [0.2, 0.25) is 0 Å². The lowest BCUT2D eigenvalue weighted by Gasteiger charge is -2.21. The summed E-state index contributed by atoms with van der Waals surface area (Å²) in [5.41, 5.74) is 1.33. The lowest BCUT2D eigenvalue weighted by Crippen LogP contribution is -2.29. The summed E-state index contributed by atoms with van der Waals surface area (Å²) in [6.07, 6.45) is 0.814. The van der Waals surface area contributed by atoms with Gasteiger partial charge in [0.25, 0.3) is 5.91 Å². The van der Waals surface area contributed by atoms with E-state index in [-0.39, 0.29) is 23.3 Å². The number of benzene rings is 2. The maximum absolute atomic E-state index is 13.8. The van der Waals surface area contributed by atoms with Gasteiger partial charge in [-0.3, -0.25) is 4.79 Å². The fourth-order valence-electron chi connectivity index (χ4n) is 2.48. The Labute approximate surface area is 136 Å². The third kappa shape index (κ3) is 4.55. The maximum atomic E-state index is 13.8. The lowest BCUT2D eigenvalue weighted by molar-refractivity contribution is 0.0931. The van der Waals surface area contributed by atoms with E-state index in [0.29, 0.717) is 5.92 Å². The number of carbonyl (C=O) groups excluding carboxylic acids is 1. The van der Waals surface area contributed by atoms with Crippen LogP contribution >= 0.6 is 0 Å². The largest absolute Gasteiger partial charge is 0.494 e. The van der Waals surface area contributed by atoms with E-state index in [9.17, 15) is 9.18 Å². The van der Waals surface area contributed by atoms with Gasteiger partial charge in [0.05, 0.1) is 13.2 Å². The van der Waals surface area contributed by atoms with Crippen molar-refractivity contribution in [2.75, 3.05) is 7.11 Å². The van der Waals surface area contributed by atoms with Crippen LogP contribution in [0.5, 0.6) is 5.75 Å². The van der Waals surface area contributed by atoms with Crippen molar-refractivity contribution in [3.05, 3.63) is 65.5 Å². The minimum absolute atomic E-state index is 0.103. The average molecular weight is 315 g/mol. The lowest BCUT2D eigenvalue weighted by atomic mass is 9.96. The van der Waals surface area contributed by atoms with Gasteiger partial charge in [0.15, 0.2) is 11.6 Å². The van der Waals surface area contributed by atoms with Gasteiger partial charge >= 0.3 is 0 Å². The molecule has 0 unspecified atom stereocenters. The first-order valence-electron chi connectivity index (χ1n) is 7.70. The minimum atomic E-state index is -0.541. The Morgan fingerprint density at radius 2 is 1.87 bits per heavy atom. The van der Waals surface area contributed by atoms with Crippen LogP contribution in [0.2, 0.25) is 0 Å². The summed E-state index contributed by atoms with van der Waals surface area (Å²) in [4.78, 5) is 12.4. The van der Waals surface area contributed by atoms with Gasteiger partial charge in [0.1, 0.15) is 0 Å². The molecule has 23 heavy (non-hydrogen) atoms. The van der Waals surface area contributed by atoms with Gasteiger partial charge in [-0.15, -0.1) is 0 Å². The summed E-state index contributed by atoms with van der Waals surface area (Å²) in [5.74, 6) is -0.280. The molecule has 2 aromatic rings. The number of carbonyl (C=O) groups is 1. The Balaban J connectivity index is 2.19. The Kier molecular flexibility index (Phi) is 5.74. The molecule has 0 aromatic heterocycles. The van der Waals surface area contributed by atoms with Crippen molar-refractivity contribution in [3.63, 3.8) is 0 Å². The highest BCUT2D eigenvalue weighted by Crippen LogP contribution is 2.23. The molecule has 1 atom stereocenters. The number of amides is 1. The van der Waals surface area contributed by atoms with E-state index in [2.05, 4.69) is 19.2 Å². The zero-order valence-corrected chi connectivity index (χ0v) is 13.7. The van der Waals surface area contributed by atoms with Crippen LogP contribution in [0.15, 0.2) is 48.5 Å². The standard InChI is InChI=1S/C19H22FNO2/c1-13(2)11-17(14-7-5-4-6-8-14)21-19(22)15-9-10-18(23-3)16(20)12-15/h4-10,12-13,17H,11H2,1-3H3,(H,21,22)/t17-/m1/s1. The van der Waals surface area contributed by atoms with Crippen LogP contribution in [0, 0.1) is 11.7 Å². The maximum Gasteiger partial charge on any atom is 0.251 e. The fourth-order valence-corrected chi connectivity index (χ4v) is 2.48. The molecule has 2 aromatic carbocycles. The predicted octanol–water partition coefficient (Wildman–Crippen LogP) is 4.35. The summed E-state index contributed by atoms with van der Waals surface area (Å²) < 4.78 is 18.7. The van der Waals surface area contributed by atoms with E-state index in [1.54, 1.807) is 6.07 Å². The normalized spacial score (nSPS) is 12.0. The first kappa shape index (κ1) is 17.0. The highest BCUT2D eigenvalue weighted by Gasteiger charge is 2.18. The number of halogens is 1. The number of nitrogens with one attached hydrogen (secondary N) is 1. The van der Waals surface area contributed by atoms with E-state index < -0.39 is 5.82 Å². The molecule has 0 heterocycles. The van der Waals surface area contributed by atoms with E-state index in [0.717, 1.165) is 12.0 Å². The number of hydrogen-bond donors (Lipinski definition) is 1. The van der Waals surface area contributed by atoms with Gasteiger partial charge in [-0.05, 0) is 36.1 Å². The third-order valence-electron chi connectivity index (χ3n) is 3.63. The molecule has 0 fully saturated rings. The molecule has 0 radical (unpaired) electrons. The predicted molar refractivity (Wildman–Crippen MR) is 89.1 cm³/mol. The molecule has 3 nitrogen and oxygen atoms in total. The van der Waals surface area contributed by atoms with Crippen LogP contribution in [0.4, 0.5) is 4.39 Å². The molecule has 0 saturated carbocycles. The first-order valence-corrected chi connectivity index (χ1v) is 7.70. The highest BCUT2D eigenvalue weighted by molar-refractivity contribution is 5.94. The summed E-state index contributed by atoms with van der Waals surface area (Å²) in [7, 11) is 1.40. The van der Waals surface area contributed by atoms with E-state index in [4.69, 9.17) is 4.74 Å². The summed E-state index contributed by atoms with van der Waals surface area (Å²) >= 11 is 0. The average Bonchev–Trinajstić information content (AvgIpc) is 2.54. The monoisotopic (exact) mass is 315 g/mol. The van der Waals surface area contributed by atoms with Crippen LogP contribution in [-0.2, 0) is 0 Å². The highest BCUT2D eigenvalue weighted by atomic mass is 19.1. The molecule has 0 aliphatic rings.